The molecule has 1 aromatic carbocycles. The first kappa shape index (κ1) is 14.0. The topological polar surface area (TPSA) is 95.1 Å². The largest absolute Gasteiger partial charge is 0.497 e. The standard InChI is InChI=1S/C13H17N5O2/c1-9(14)13-15-8-18(17-13)7-12(19)16-10-4-3-5-11(6-10)20-2/h3-6,8-9H,7,14H2,1-2H3,(H,16,19). The van der Waals surface area contributed by atoms with Gasteiger partial charge in [-0.15, -0.1) is 0 Å². The fourth-order valence-electron chi connectivity index (χ4n) is 1.64. The van der Waals surface area contributed by atoms with Crippen molar-refractivity contribution in [2.45, 2.75) is 19.5 Å². The number of carbonyl (C=O) groups is 1. The lowest BCUT2D eigenvalue weighted by atomic mass is 10.3. The summed E-state index contributed by atoms with van der Waals surface area (Å²) in [6.07, 6.45) is 1.49. The van der Waals surface area contributed by atoms with Crippen LogP contribution in [-0.4, -0.2) is 27.8 Å². The molecule has 7 nitrogen and oxygen atoms in total. The van der Waals surface area contributed by atoms with E-state index in [1.807, 2.05) is 6.07 Å². The summed E-state index contributed by atoms with van der Waals surface area (Å²) < 4.78 is 6.54. The normalized spacial score (nSPS) is 11.9. The van der Waals surface area contributed by atoms with Crippen molar-refractivity contribution in [3.63, 3.8) is 0 Å². The number of benzene rings is 1. The summed E-state index contributed by atoms with van der Waals surface area (Å²) in [6, 6.07) is 6.89. The molecule has 0 aliphatic rings. The van der Waals surface area contributed by atoms with Gasteiger partial charge in [-0.05, 0) is 19.1 Å². The molecule has 2 aromatic rings. The second kappa shape index (κ2) is 6.16. The van der Waals surface area contributed by atoms with Gasteiger partial charge in [0.25, 0.3) is 0 Å². The molecule has 2 rings (SSSR count). The number of carbonyl (C=O) groups excluding carboxylic acids is 1. The third-order valence-electron chi connectivity index (χ3n) is 2.62. The summed E-state index contributed by atoms with van der Waals surface area (Å²) >= 11 is 0. The first-order valence-corrected chi connectivity index (χ1v) is 6.17. The molecule has 0 saturated carbocycles. The molecule has 3 N–H and O–H groups in total. The highest BCUT2D eigenvalue weighted by atomic mass is 16.5. The van der Waals surface area contributed by atoms with Crippen LogP contribution in [0.5, 0.6) is 5.75 Å². The van der Waals surface area contributed by atoms with Gasteiger partial charge in [0.15, 0.2) is 5.82 Å². The lowest BCUT2D eigenvalue weighted by Gasteiger charge is -2.06. The van der Waals surface area contributed by atoms with Crippen LogP contribution in [0, 0.1) is 0 Å². The third kappa shape index (κ3) is 3.55. The molecule has 1 heterocycles. The second-order valence-corrected chi connectivity index (χ2v) is 4.37. The van der Waals surface area contributed by atoms with Crippen molar-refractivity contribution in [2.75, 3.05) is 12.4 Å². The second-order valence-electron chi connectivity index (χ2n) is 4.37. The zero-order valence-electron chi connectivity index (χ0n) is 11.4. The summed E-state index contributed by atoms with van der Waals surface area (Å²) in [5.41, 5.74) is 6.33. The summed E-state index contributed by atoms with van der Waals surface area (Å²) in [6.45, 7) is 1.87. The minimum atomic E-state index is -0.252. The smallest absolute Gasteiger partial charge is 0.246 e. The van der Waals surface area contributed by atoms with E-state index in [4.69, 9.17) is 10.5 Å². The monoisotopic (exact) mass is 275 g/mol. The molecule has 0 aliphatic heterocycles. The number of aromatic nitrogens is 3. The van der Waals surface area contributed by atoms with Gasteiger partial charge in [0.2, 0.25) is 5.91 Å². The fraction of sp³-hybridized carbons (Fsp3) is 0.308. The Kier molecular flexibility index (Phi) is 4.31. The number of rotatable bonds is 5. The van der Waals surface area contributed by atoms with Crippen molar-refractivity contribution in [2.24, 2.45) is 5.73 Å². The van der Waals surface area contributed by atoms with E-state index in [1.54, 1.807) is 32.2 Å². The van der Waals surface area contributed by atoms with Gasteiger partial charge in [-0.3, -0.25) is 4.79 Å². The number of methoxy groups -OCH3 is 1. The Morgan fingerprint density at radius 1 is 1.55 bits per heavy atom. The molecule has 7 heteroatoms. The van der Waals surface area contributed by atoms with E-state index in [0.717, 1.165) is 0 Å². The van der Waals surface area contributed by atoms with Crippen LogP contribution < -0.4 is 15.8 Å². The lowest BCUT2D eigenvalue weighted by Crippen LogP contribution is -2.19. The molecule has 0 aliphatic carbocycles. The van der Waals surface area contributed by atoms with E-state index in [0.29, 0.717) is 17.3 Å². The van der Waals surface area contributed by atoms with E-state index < -0.39 is 0 Å². The van der Waals surface area contributed by atoms with Crippen molar-refractivity contribution in [3.8, 4) is 5.75 Å². The Morgan fingerprint density at radius 3 is 3.00 bits per heavy atom. The first-order valence-electron chi connectivity index (χ1n) is 6.17. The molecule has 0 radical (unpaired) electrons. The molecular weight excluding hydrogens is 258 g/mol. The van der Waals surface area contributed by atoms with Gasteiger partial charge in [-0.1, -0.05) is 6.07 Å². The average Bonchev–Trinajstić information content (AvgIpc) is 2.87. The maximum Gasteiger partial charge on any atom is 0.246 e. The Labute approximate surface area is 116 Å². The Hall–Kier alpha value is -2.41. The Bertz CT molecular complexity index is 594. The van der Waals surface area contributed by atoms with Gasteiger partial charge in [0, 0.05) is 11.8 Å². The number of ether oxygens (including phenoxy) is 1. The van der Waals surface area contributed by atoms with E-state index in [9.17, 15) is 4.79 Å². The molecule has 1 amide bonds. The number of amides is 1. The van der Waals surface area contributed by atoms with Gasteiger partial charge in [0.1, 0.15) is 18.6 Å². The van der Waals surface area contributed by atoms with Gasteiger partial charge in [0.05, 0.1) is 13.2 Å². The van der Waals surface area contributed by atoms with Crippen LogP contribution in [0.15, 0.2) is 30.6 Å². The highest BCUT2D eigenvalue weighted by molar-refractivity contribution is 5.90. The van der Waals surface area contributed by atoms with Crippen molar-refractivity contribution in [1.29, 1.82) is 0 Å². The molecule has 1 unspecified atom stereocenters. The molecule has 1 atom stereocenters. The molecule has 0 bridgehead atoms. The molecule has 1 aromatic heterocycles. The first-order chi connectivity index (χ1) is 9.58. The van der Waals surface area contributed by atoms with E-state index in [1.165, 1.54) is 11.0 Å². The fourth-order valence-corrected chi connectivity index (χ4v) is 1.64. The minimum absolute atomic E-state index is 0.0803. The number of hydrogen-bond acceptors (Lipinski definition) is 5. The van der Waals surface area contributed by atoms with Gasteiger partial charge < -0.3 is 15.8 Å². The van der Waals surface area contributed by atoms with Crippen LogP contribution in [0.4, 0.5) is 5.69 Å². The number of anilines is 1. The van der Waals surface area contributed by atoms with Crippen LogP contribution in [-0.2, 0) is 11.3 Å². The summed E-state index contributed by atoms with van der Waals surface area (Å²) in [4.78, 5) is 15.9. The maximum absolute atomic E-state index is 11.9. The minimum Gasteiger partial charge on any atom is -0.497 e. The summed E-state index contributed by atoms with van der Waals surface area (Å²) in [7, 11) is 1.58. The van der Waals surface area contributed by atoms with Crippen molar-refractivity contribution >= 4 is 11.6 Å². The van der Waals surface area contributed by atoms with Crippen LogP contribution in [0.2, 0.25) is 0 Å². The Balaban J connectivity index is 1.97. The zero-order valence-corrected chi connectivity index (χ0v) is 11.4. The van der Waals surface area contributed by atoms with E-state index >= 15 is 0 Å². The molecule has 20 heavy (non-hydrogen) atoms. The number of hydrogen-bond donors (Lipinski definition) is 2. The maximum atomic E-state index is 11.9. The van der Waals surface area contributed by atoms with Crippen LogP contribution >= 0.6 is 0 Å². The SMILES string of the molecule is COc1cccc(NC(=O)Cn2cnc(C(C)N)n2)c1. The van der Waals surface area contributed by atoms with Crippen LogP contribution in [0.25, 0.3) is 0 Å². The average molecular weight is 275 g/mol. The van der Waals surface area contributed by atoms with E-state index in [-0.39, 0.29) is 18.5 Å². The number of nitrogens with one attached hydrogen (secondary N) is 1. The molecule has 0 spiro atoms. The predicted octanol–water partition coefficient (Wildman–Crippen LogP) is 0.945. The van der Waals surface area contributed by atoms with Gasteiger partial charge >= 0.3 is 0 Å². The number of nitrogens with two attached hydrogens (primary N) is 1. The van der Waals surface area contributed by atoms with Gasteiger partial charge in [-0.2, -0.15) is 5.10 Å². The molecule has 0 fully saturated rings. The molecule has 0 saturated heterocycles. The van der Waals surface area contributed by atoms with Crippen LogP contribution in [0.1, 0.15) is 18.8 Å². The number of nitrogens with zero attached hydrogens (tertiary/aromatic N) is 3. The summed E-state index contributed by atoms with van der Waals surface area (Å²) in [5, 5.41) is 6.88. The summed E-state index contributed by atoms with van der Waals surface area (Å²) in [5.74, 6) is 1.00. The molecule has 106 valence electrons. The van der Waals surface area contributed by atoms with Crippen molar-refractivity contribution in [1.82, 2.24) is 14.8 Å². The van der Waals surface area contributed by atoms with Crippen molar-refractivity contribution < 1.29 is 9.53 Å². The quantitative estimate of drug-likeness (QED) is 0.847. The zero-order chi connectivity index (χ0) is 14.5. The highest BCUT2D eigenvalue weighted by Gasteiger charge is 2.09. The highest BCUT2D eigenvalue weighted by Crippen LogP contribution is 2.16. The van der Waals surface area contributed by atoms with Crippen molar-refractivity contribution in [3.05, 3.63) is 36.4 Å². The third-order valence-corrected chi connectivity index (χ3v) is 2.62. The van der Waals surface area contributed by atoms with Crippen LogP contribution in [0.3, 0.4) is 0 Å². The lowest BCUT2D eigenvalue weighted by molar-refractivity contribution is -0.116. The predicted molar refractivity (Wildman–Crippen MR) is 74.2 cm³/mol. The Morgan fingerprint density at radius 2 is 2.35 bits per heavy atom. The van der Waals surface area contributed by atoms with E-state index in [2.05, 4.69) is 15.4 Å². The van der Waals surface area contributed by atoms with Gasteiger partial charge in [-0.25, -0.2) is 9.67 Å². The molecular formula is C13H17N5O2.